The Morgan fingerprint density at radius 1 is 1.13 bits per heavy atom. The second-order valence-corrected chi connectivity index (χ2v) is 4.47. The van der Waals surface area contributed by atoms with Crippen LogP contribution >= 0.6 is 0 Å². The zero-order valence-corrected chi connectivity index (χ0v) is 13.0. The summed E-state index contributed by atoms with van der Waals surface area (Å²) in [6, 6.07) is 7.37. The number of benzene rings is 1. The second-order valence-electron chi connectivity index (χ2n) is 4.47. The highest BCUT2D eigenvalue weighted by atomic mass is 16.6. The molecule has 8 heteroatoms. The second kappa shape index (κ2) is 7.92. The monoisotopic (exact) mass is 318 g/mol. The summed E-state index contributed by atoms with van der Waals surface area (Å²) in [6.45, 7) is 3.73. The summed E-state index contributed by atoms with van der Waals surface area (Å²) >= 11 is 0. The molecule has 0 aliphatic rings. The molecule has 122 valence electrons. The first-order chi connectivity index (χ1) is 11.1. The van der Waals surface area contributed by atoms with Crippen LogP contribution < -0.4 is 5.43 Å². The Bertz CT molecular complexity index is 692. The third kappa shape index (κ3) is 4.53. The average Bonchev–Trinajstić information content (AvgIpc) is 2.54. The van der Waals surface area contributed by atoms with Crippen molar-refractivity contribution in [3.8, 4) is 0 Å². The summed E-state index contributed by atoms with van der Waals surface area (Å²) in [4.78, 5) is 32.2. The van der Waals surface area contributed by atoms with Crippen LogP contribution in [0, 0.1) is 0 Å². The van der Waals surface area contributed by atoms with Gasteiger partial charge >= 0.3 is 12.2 Å². The van der Waals surface area contributed by atoms with Gasteiger partial charge in [-0.3, -0.25) is 4.98 Å². The van der Waals surface area contributed by atoms with Crippen LogP contribution in [-0.4, -0.2) is 40.4 Å². The molecule has 1 heterocycles. The van der Waals surface area contributed by atoms with Crippen molar-refractivity contribution in [1.82, 2.24) is 20.4 Å². The van der Waals surface area contributed by atoms with Gasteiger partial charge in [-0.25, -0.2) is 25.0 Å². The number of para-hydroxylation sites is 2. The van der Waals surface area contributed by atoms with Crippen LogP contribution in [0.2, 0.25) is 0 Å². The minimum Gasteiger partial charge on any atom is -0.449 e. The van der Waals surface area contributed by atoms with E-state index in [1.165, 1.54) is 0 Å². The molecule has 1 aromatic heterocycles. The fraction of sp³-hybridized carbons (Fsp3) is 0.333. The zero-order chi connectivity index (χ0) is 16.7. The number of amides is 2. The minimum atomic E-state index is -0.741. The SMILES string of the molecule is CCOC(=O)NN(Cc1cnc2ccccc2n1)C(=O)OCC. The first kappa shape index (κ1) is 16.5. The molecule has 23 heavy (non-hydrogen) atoms. The molecule has 0 atom stereocenters. The van der Waals surface area contributed by atoms with E-state index in [1.54, 1.807) is 20.0 Å². The molecule has 0 saturated carbocycles. The van der Waals surface area contributed by atoms with E-state index in [0.717, 1.165) is 10.5 Å². The Kier molecular flexibility index (Phi) is 5.67. The summed E-state index contributed by atoms with van der Waals surface area (Å²) in [7, 11) is 0. The number of hydrazine groups is 1. The maximum atomic E-state index is 11.9. The van der Waals surface area contributed by atoms with Crippen molar-refractivity contribution in [2.24, 2.45) is 0 Å². The summed E-state index contributed by atoms with van der Waals surface area (Å²) in [5, 5.41) is 1.00. The normalized spacial score (nSPS) is 10.2. The number of nitrogens with zero attached hydrogens (tertiary/aromatic N) is 3. The fourth-order valence-electron chi connectivity index (χ4n) is 1.86. The van der Waals surface area contributed by atoms with E-state index in [2.05, 4.69) is 15.4 Å². The van der Waals surface area contributed by atoms with Gasteiger partial charge in [-0.1, -0.05) is 12.1 Å². The molecular weight excluding hydrogens is 300 g/mol. The van der Waals surface area contributed by atoms with Crippen molar-refractivity contribution in [1.29, 1.82) is 0 Å². The Morgan fingerprint density at radius 3 is 2.52 bits per heavy atom. The highest BCUT2D eigenvalue weighted by Crippen LogP contribution is 2.10. The smallest absolute Gasteiger partial charge is 0.429 e. The van der Waals surface area contributed by atoms with E-state index in [0.29, 0.717) is 11.2 Å². The lowest BCUT2D eigenvalue weighted by Crippen LogP contribution is -2.46. The molecule has 0 saturated heterocycles. The first-order valence-electron chi connectivity index (χ1n) is 7.22. The third-order valence-corrected chi connectivity index (χ3v) is 2.81. The maximum absolute atomic E-state index is 11.9. The number of hydrogen-bond donors (Lipinski definition) is 1. The average molecular weight is 318 g/mol. The van der Waals surface area contributed by atoms with Crippen molar-refractivity contribution in [2.45, 2.75) is 20.4 Å². The van der Waals surface area contributed by atoms with Gasteiger partial charge in [0.2, 0.25) is 0 Å². The van der Waals surface area contributed by atoms with Crippen molar-refractivity contribution in [3.63, 3.8) is 0 Å². The lowest BCUT2D eigenvalue weighted by Gasteiger charge is -2.21. The van der Waals surface area contributed by atoms with Crippen molar-refractivity contribution >= 4 is 23.2 Å². The number of nitrogens with one attached hydrogen (secondary N) is 1. The van der Waals surface area contributed by atoms with Crippen LogP contribution in [0.1, 0.15) is 19.5 Å². The highest BCUT2D eigenvalue weighted by Gasteiger charge is 2.19. The van der Waals surface area contributed by atoms with E-state index in [9.17, 15) is 9.59 Å². The van der Waals surface area contributed by atoms with Crippen molar-refractivity contribution in [2.75, 3.05) is 13.2 Å². The quantitative estimate of drug-likeness (QED) is 0.869. The van der Waals surface area contributed by atoms with E-state index in [4.69, 9.17) is 9.47 Å². The van der Waals surface area contributed by atoms with Gasteiger partial charge in [0.25, 0.3) is 0 Å². The fourth-order valence-corrected chi connectivity index (χ4v) is 1.86. The Hall–Kier alpha value is -2.90. The molecule has 0 aliphatic heterocycles. The molecule has 1 aromatic carbocycles. The summed E-state index contributed by atoms with van der Waals surface area (Å²) < 4.78 is 9.68. The minimum absolute atomic E-state index is 0.00941. The topological polar surface area (TPSA) is 93.6 Å². The van der Waals surface area contributed by atoms with Gasteiger partial charge in [0, 0.05) is 0 Å². The predicted molar refractivity (Wildman–Crippen MR) is 82.3 cm³/mol. The van der Waals surface area contributed by atoms with Gasteiger partial charge in [0.05, 0.1) is 42.7 Å². The van der Waals surface area contributed by atoms with Crippen LogP contribution in [0.3, 0.4) is 0 Å². The number of fused-ring (bicyclic) bond motifs is 1. The third-order valence-electron chi connectivity index (χ3n) is 2.81. The molecule has 8 nitrogen and oxygen atoms in total. The molecule has 0 radical (unpaired) electrons. The van der Waals surface area contributed by atoms with E-state index >= 15 is 0 Å². The predicted octanol–water partition coefficient (Wildman–Crippen LogP) is 2.25. The molecule has 0 aliphatic carbocycles. The highest BCUT2D eigenvalue weighted by molar-refractivity contribution is 5.75. The maximum Gasteiger partial charge on any atom is 0.429 e. The standard InChI is InChI=1S/C15H18N4O4/c1-3-22-14(20)18-19(15(21)23-4-2)10-11-9-16-12-7-5-6-8-13(12)17-11/h5-9H,3-4,10H2,1-2H3,(H,18,20). The van der Waals surface area contributed by atoms with Crippen LogP contribution in [0.25, 0.3) is 11.0 Å². The summed E-state index contributed by atoms with van der Waals surface area (Å²) in [5.74, 6) is 0. The number of carbonyl (C=O) groups excluding carboxylic acids is 2. The van der Waals surface area contributed by atoms with Crippen LogP contribution in [0.5, 0.6) is 0 Å². The van der Waals surface area contributed by atoms with Crippen LogP contribution in [-0.2, 0) is 16.0 Å². The van der Waals surface area contributed by atoms with Gasteiger partial charge in [0.1, 0.15) is 0 Å². The van der Waals surface area contributed by atoms with Crippen LogP contribution in [0.15, 0.2) is 30.5 Å². The number of ether oxygens (including phenoxy) is 2. The van der Waals surface area contributed by atoms with Crippen molar-refractivity contribution < 1.29 is 19.1 Å². The number of aromatic nitrogens is 2. The number of rotatable bonds is 4. The van der Waals surface area contributed by atoms with E-state index in [1.807, 2.05) is 24.3 Å². The first-order valence-corrected chi connectivity index (χ1v) is 7.22. The van der Waals surface area contributed by atoms with E-state index < -0.39 is 12.2 Å². The Balaban J connectivity index is 2.16. The van der Waals surface area contributed by atoms with Gasteiger partial charge < -0.3 is 9.47 Å². The molecule has 0 unspecified atom stereocenters. The number of hydrogen-bond acceptors (Lipinski definition) is 6. The van der Waals surface area contributed by atoms with Gasteiger partial charge in [0.15, 0.2) is 0 Å². The molecule has 1 N–H and O–H groups in total. The van der Waals surface area contributed by atoms with Crippen molar-refractivity contribution in [3.05, 3.63) is 36.2 Å². The number of carbonyl (C=O) groups is 2. The lowest BCUT2D eigenvalue weighted by atomic mass is 10.3. The van der Waals surface area contributed by atoms with E-state index in [-0.39, 0.29) is 19.8 Å². The molecule has 0 bridgehead atoms. The molecule has 2 amide bonds. The molecule has 0 fully saturated rings. The molecule has 0 spiro atoms. The van der Waals surface area contributed by atoms with Gasteiger partial charge in [-0.15, -0.1) is 0 Å². The largest absolute Gasteiger partial charge is 0.449 e. The molecular formula is C15H18N4O4. The van der Waals surface area contributed by atoms with Crippen LogP contribution in [0.4, 0.5) is 9.59 Å². The zero-order valence-electron chi connectivity index (χ0n) is 13.0. The van der Waals surface area contributed by atoms with Gasteiger partial charge in [-0.2, -0.15) is 0 Å². The molecule has 2 rings (SSSR count). The summed E-state index contributed by atoms with van der Waals surface area (Å²) in [6.07, 6.45) is 0.103. The Morgan fingerprint density at radius 2 is 1.83 bits per heavy atom. The van der Waals surface area contributed by atoms with Gasteiger partial charge in [-0.05, 0) is 26.0 Å². The lowest BCUT2D eigenvalue weighted by molar-refractivity contribution is 0.0706. The summed E-state index contributed by atoms with van der Waals surface area (Å²) in [5.41, 5.74) is 4.28. The Labute approximate surface area is 133 Å². The molecule has 2 aromatic rings.